The molecule has 38 heavy (non-hydrogen) atoms. The van der Waals surface area contributed by atoms with Crippen molar-refractivity contribution in [2.75, 3.05) is 13.7 Å². The molecule has 0 aromatic heterocycles. The molecule has 0 aliphatic rings. The summed E-state index contributed by atoms with van der Waals surface area (Å²) in [6, 6.07) is 28.9. The van der Waals surface area contributed by atoms with Crippen molar-refractivity contribution < 1.29 is 22.6 Å². The van der Waals surface area contributed by atoms with E-state index in [-0.39, 0.29) is 15.2 Å². The Labute approximate surface area is 225 Å². The van der Waals surface area contributed by atoms with Crippen molar-refractivity contribution >= 4 is 9.84 Å². The number of methoxy groups -OCH3 is 1. The highest BCUT2D eigenvalue weighted by Crippen LogP contribution is 2.34. The molecule has 0 aliphatic carbocycles. The molecule has 0 atom stereocenters. The molecule has 0 aliphatic heterocycles. The first-order valence-corrected chi connectivity index (χ1v) is 13.8. The summed E-state index contributed by atoms with van der Waals surface area (Å²) in [5, 5.41) is 0. The monoisotopic (exact) mass is 528 g/mol. The lowest BCUT2D eigenvalue weighted by Gasteiger charge is -2.26. The zero-order chi connectivity index (χ0) is 27.2. The van der Waals surface area contributed by atoms with Gasteiger partial charge in [0.25, 0.3) is 0 Å². The van der Waals surface area contributed by atoms with Gasteiger partial charge in [-0.25, -0.2) is 8.42 Å². The molecule has 0 heterocycles. The summed E-state index contributed by atoms with van der Waals surface area (Å²) in [4.78, 5) is 0.407. The summed E-state index contributed by atoms with van der Waals surface area (Å²) in [7, 11) is -2.09. The van der Waals surface area contributed by atoms with Gasteiger partial charge >= 0.3 is 0 Å². The molecule has 0 fully saturated rings. The minimum absolute atomic E-state index is 0.198. The van der Waals surface area contributed by atoms with E-state index < -0.39 is 9.84 Å². The maximum Gasteiger partial charge on any atom is 0.206 e. The molecule has 6 heteroatoms. The lowest BCUT2D eigenvalue weighted by Crippen LogP contribution is -2.18. The third-order valence-electron chi connectivity index (χ3n) is 6.48. The van der Waals surface area contributed by atoms with Crippen LogP contribution >= 0.6 is 0 Å². The van der Waals surface area contributed by atoms with E-state index in [2.05, 4.69) is 32.6 Å². The average molecular weight is 529 g/mol. The van der Waals surface area contributed by atoms with Gasteiger partial charge in [-0.15, -0.1) is 6.58 Å². The van der Waals surface area contributed by atoms with Gasteiger partial charge in [-0.05, 0) is 90.3 Å². The second-order valence-electron chi connectivity index (χ2n) is 9.35. The summed E-state index contributed by atoms with van der Waals surface area (Å²) < 4.78 is 42.7. The van der Waals surface area contributed by atoms with E-state index in [4.69, 9.17) is 14.2 Å². The lowest BCUT2D eigenvalue weighted by molar-refractivity contribution is 0.325. The Morgan fingerprint density at radius 2 is 1.11 bits per heavy atom. The molecule has 0 saturated carbocycles. The van der Waals surface area contributed by atoms with Crippen LogP contribution in [0.4, 0.5) is 0 Å². The fourth-order valence-electron chi connectivity index (χ4n) is 4.05. The van der Waals surface area contributed by atoms with Crippen LogP contribution in [-0.4, -0.2) is 22.1 Å². The summed E-state index contributed by atoms with van der Waals surface area (Å²) in [5.74, 6) is 2.67. The summed E-state index contributed by atoms with van der Waals surface area (Å²) in [6.45, 7) is 8.69. The van der Waals surface area contributed by atoms with Gasteiger partial charge in [0.05, 0.1) is 23.5 Å². The van der Waals surface area contributed by atoms with Crippen LogP contribution in [0.15, 0.2) is 120 Å². The molecule has 5 nitrogen and oxygen atoms in total. The Morgan fingerprint density at radius 1 is 0.684 bits per heavy atom. The lowest BCUT2D eigenvalue weighted by atomic mass is 9.78. The zero-order valence-corrected chi connectivity index (χ0v) is 22.7. The van der Waals surface area contributed by atoms with E-state index in [0.717, 1.165) is 17.7 Å². The standard InChI is InChI=1S/C32H32O5S/c1-5-6-23-36-27-11-7-24(8-12-27)32(2,3)25-9-13-28(14-10-25)37-29-17-21-31(22-18-29)38(33,34)30-19-15-26(35-4)16-20-30/h5,7-22H,1,6,23H2,2-4H3. The quantitative estimate of drug-likeness (QED) is 0.148. The van der Waals surface area contributed by atoms with Crippen LogP contribution in [-0.2, 0) is 15.3 Å². The molecule has 4 aromatic rings. The molecule has 0 unspecified atom stereocenters. The van der Waals surface area contributed by atoms with Crippen molar-refractivity contribution in [3.63, 3.8) is 0 Å². The van der Waals surface area contributed by atoms with Crippen LogP contribution in [0.1, 0.15) is 31.4 Å². The van der Waals surface area contributed by atoms with Crippen molar-refractivity contribution in [1.82, 2.24) is 0 Å². The molecular formula is C32H32O5S. The highest BCUT2D eigenvalue weighted by Gasteiger charge is 2.23. The minimum Gasteiger partial charge on any atom is -0.497 e. The van der Waals surface area contributed by atoms with Crippen LogP contribution in [0.2, 0.25) is 0 Å². The van der Waals surface area contributed by atoms with Crippen LogP contribution < -0.4 is 14.2 Å². The van der Waals surface area contributed by atoms with Gasteiger partial charge in [0.15, 0.2) is 0 Å². The van der Waals surface area contributed by atoms with Gasteiger partial charge < -0.3 is 14.2 Å². The smallest absolute Gasteiger partial charge is 0.206 e. The SMILES string of the molecule is C=CCCOc1ccc(C(C)(C)c2ccc(Oc3ccc(S(=O)(=O)c4ccc(OC)cc4)cc3)cc2)cc1. The maximum atomic E-state index is 12.9. The Hall–Kier alpha value is -4.03. The first kappa shape index (κ1) is 27.0. The van der Waals surface area contributed by atoms with Gasteiger partial charge in [0.1, 0.15) is 23.0 Å². The third kappa shape index (κ3) is 6.09. The number of rotatable bonds is 11. The van der Waals surface area contributed by atoms with Crippen molar-refractivity contribution in [2.45, 2.75) is 35.5 Å². The van der Waals surface area contributed by atoms with Crippen LogP contribution in [0.3, 0.4) is 0 Å². The van der Waals surface area contributed by atoms with Crippen molar-refractivity contribution in [3.05, 3.63) is 121 Å². The number of hydrogen-bond acceptors (Lipinski definition) is 5. The largest absolute Gasteiger partial charge is 0.497 e. The molecule has 0 saturated heterocycles. The molecular weight excluding hydrogens is 496 g/mol. The van der Waals surface area contributed by atoms with E-state index in [1.165, 1.54) is 24.8 Å². The highest BCUT2D eigenvalue weighted by molar-refractivity contribution is 7.91. The Morgan fingerprint density at radius 3 is 1.55 bits per heavy atom. The summed E-state index contributed by atoms with van der Waals surface area (Å²) >= 11 is 0. The fraction of sp³-hybridized carbons (Fsp3) is 0.188. The molecule has 0 bridgehead atoms. The predicted molar refractivity (Wildman–Crippen MR) is 150 cm³/mol. The minimum atomic E-state index is -3.63. The van der Waals surface area contributed by atoms with Gasteiger partial charge in [-0.2, -0.15) is 0 Å². The Kier molecular flexibility index (Phi) is 8.23. The predicted octanol–water partition coefficient (Wildman–Crippen LogP) is 7.60. The van der Waals surface area contributed by atoms with E-state index in [0.29, 0.717) is 23.9 Å². The van der Waals surface area contributed by atoms with Crippen molar-refractivity contribution in [1.29, 1.82) is 0 Å². The molecule has 0 spiro atoms. The Balaban J connectivity index is 1.43. The first-order valence-electron chi connectivity index (χ1n) is 12.4. The first-order chi connectivity index (χ1) is 18.2. The van der Waals surface area contributed by atoms with Gasteiger partial charge in [-0.3, -0.25) is 0 Å². The second-order valence-corrected chi connectivity index (χ2v) is 11.3. The molecule has 0 N–H and O–H groups in total. The van der Waals surface area contributed by atoms with E-state index >= 15 is 0 Å². The second kappa shape index (κ2) is 11.6. The van der Waals surface area contributed by atoms with E-state index in [9.17, 15) is 8.42 Å². The highest BCUT2D eigenvalue weighted by atomic mass is 32.2. The van der Waals surface area contributed by atoms with Crippen molar-refractivity contribution in [2.24, 2.45) is 0 Å². The van der Waals surface area contributed by atoms with Gasteiger partial charge in [-0.1, -0.05) is 44.2 Å². The summed E-state index contributed by atoms with van der Waals surface area (Å²) in [5.41, 5.74) is 2.11. The molecule has 4 aromatic carbocycles. The van der Waals surface area contributed by atoms with Crippen LogP contribution in [0.5, 0.6) is 23.0 Å². The number of ether oxygens (including phenoxy) is 3. The topological polar surface area (TPSA) is 61.8 Å². The molecule has 4 rings (SSSR count). The van der Waals surface area contributed by atoms with Gasteiger partial charge in [0, 0.05) is 5.41 Å². The average Bonchev–Trinajstić information content (AvgIpc) is 2.94. The molecule has 0 amide bonds. The fourth-order valence-corrected chi connectivity index (χ4v) is 5.31. The number of sulfone groups is 1. The number of benzene rings is 4. The zero-order valence-electron chi connectivity index (χ0n) is 21.9. The van der Waals surface area contributed by atoms with Gasteiger partial charge in [0.2, 0.25) is 9.84 Å². The third-order valence-corrected chi connectivity index (χ3v) is 8.27. The summed E-state index contributed by atoms with van der Waals surface area (Å²) in [6.07, 6.45) is 2.66. The maximum absolute atomic E-state index is 12.9. The van der Waals surface area contributed by atoms with E-state index in [1.54, 1.807) is 36.4 Å². The normalized spacial score (nSPS) is 11.6. The van der Waals surface area contributed by atoms with Crippen LogP contribution in [0.25, 0.3) is 0 Å². The van der Waals surface area contributed by atoms with E-state index in [1.807, 2.05) is 42.5 Å². The Bertz CT molecular complexity index is 1450. The molecule has 0 radical (unpaired) electrons. The number of hydrogen-bond donors (Lipinski definition) is 0. The van der Waals surface area contributed by atoms with Crippen LogP contribution in [0, 0.1) is 0 Å². The van der Waals surface area contributed by atoms with Crippen molar-refractivity contribution in [3.8, 4) is 23.0 Å². The molecule has 196 valence electrons.